The van der Waals surface area contributed by atoms with E-state index in [9.17, 15) is 4.79 Å². The Hall–Kier alpha value is -2.62. The Labute approximate surface area is 204 Å². The molecule has 33 heavy (non-hydrogen) atoms. The zero-order chi connectivity index (χ0) is 22.2. The van der Waals surface area contributed by atoms with Crippen molar-refractivity contribution in [3.63, 3.8) is 0 Å². The zero-order valence-corrected chi connectivity index (χ0v) is 20.2. The van der Waals surface area contributed by atoms with Gasteiger partial charge in [-0.1, -0.05) is 67.6 Å². The molecule has 0 saturated carbocycles. The molecule has 3 aromatic rings. The first-order valence-corrected chi connectivity index (χ1v) is 11.7. The maximum Gasteiger partial charge on any atom is 0.166 e. The van der Waals surface area contributed by atoms with Gasteiger partial charge in [-0.25, -0.2) is 0 Å². The molecule has 1 saturated heterocycles. The average Bonchev–Trinajstić information content (AvgIpc) is 2.85. The minimum absolute atomic E-state index is 0. The molecule has 0 radical (unpaired) electrons. The number of ketones is 1. The van der Waals surface area contributed by atoms with E-state index in [1.165, 1.54) is 24.8 Å². The topological polar surface area (TPSA) is 29.5 Å². The molecule has 0 aromatic heterocycles. The lowest BCUT2D eigenvalue weighted by atomic mass is 9.89. The van der Waals surface area contributed by atoms with Crippen LogP contribution in [0.2, 0.25) is 0 Å². The second-order valence-corrected chi connectivity index (χ2v) is 9.00. The molecule has 1 unspecified atom stereocenters. The molecule has 0 spiro atoms. The molecule has 1 aliphatic rings. The van der Waals surface area contributed by atoms with Crippen molar-refractivity contribution in [1.82, 2.24) is 4.90 Å². The smallest absolute Gasteiger partial charge is 0.166 e. The number of likely N-dealkylation sites (tertiary alicyclic amines) is 1. The van der Waals surface area contributed by atoms with Crippen molar-refractivity contribution in [2.45, 2.75) is 32.8 Å². The third-order valence-electron chi connectivity index (χ3n) is 6.44. The average molecular weight is 464 g/mol. The summed E-state index contributed by atoms with van der Waals surface area (Å²) in [6.07, 6.45) is 3.59. The molecule has 4 heteroatoms. The van der Waals surface area contributed by atoms with E-state index >= 15 is 0 Å². The van der Waals surface area contributed by atoms with Crippen molar-refractivity contribution >= 4 is 18.2 Å². The quantitative estimate of drug-likeness (QED) is 0.341. The molecule has 1 atom stereocenters. The molecule has 1 heterocycles. The summed E-state index contributed by atoms with van der Waals surface area (Å²) in [6.45, 7) is 5.59. The minimum Gasteiger partial charge on any atom is -0.489 e. The van der Waals surface area contributed by atoms with Gasteiger partial charge in [0.2, 0.25) is 0 Å². The van der Waals surface area contributed by atoms with E-state index in [0.29, 0.717) is 6.61 Å². The first-order chi connectivity index (χ1) is 15.7. The van der Waals surface area contributed by atoms with E-state index in [1.807, 2.05) is 54.6 Å². The molecule has 4 rings (SSSR count). The Kier molecular flexibility index (Phi) is 9.53. The molecule has 1 aliphatic heterocycles. The summed E-state index contributed by atoms with van der Waals surface area (Å²) in [5.41, 5.74) is 3.34. The molecule has 0 amide bonds. The van der Waals surface area contributed by atoms with Gasteiger partial charge in [0.25, 0.3) is 0 Å². The Balaban J connectivity index is 0.00000306. The maximum atomic E-state index is 12.9. The van der Waals surface area contributed by atoms with Crippen molar-refractivity contribution in [2.75, 3.05) is 19.6 Å². The first-order valence-electron chi connectivity index (χ1n) is 11.7. The first kappa shape index (κ1) is 25.0. The van der Waals surface area contributed by atoms with Gasteiger partial charge in [-0.2, -0.15) is 0 Å². The molecule has 1 fully saturated rings. The standard InChI is InChI=1S/C29H33NO2.ClH/c1-23(21-30-18-16-25(17-19-30)20-24-8-4-2-5-9-24)29(31)27-12-14-28(15-13-27)32-22-26-10-6-3-7-11-26;/h2-15,23,25H,16-22H2,1H3;1H. The van der Waals surface area contributed by atoms with E-state index in [1.54, 1.807) is 0 Å². The third kappa shape index (κ3) is 7.45. The predicted octanol–water partition coefficient (Wildman–Crippen LogP) is 6.46. The largest absolute Gasteiger partial charge is 0.489 e. The van der Waals surface area contributed by atoms with Gasteiger partial charge >= 0.3 is 0 Å². The molecule has 0 aliphatic carbocycles. The van der Waals surface area contributed by atoms with Crippen LogP contribution in [0.3, 0.4) is 0 Å². The lowest BCUT2D eigenvalue weighted by Crippen LogP contribution is -2.38. The highest BCUT2D eigenvalue weighted by Crippen LogP contribution is 2.23. The number of piperidine rings is 1. The fourth-order valence-corrected chi connectivity index (χ4v) is 4.53. The molecule has 0 N–H and O–H groups in total. The number of nitrogens with zero attached hydrogens (tertiary/aromatic N) is 1. The van der Waals surface area contributed by atoms with Crippen LogP contribution in [0.15, 0.2) is 84.9 Å². The summed E-state index contributed by atoms with van der Waals surface area (Å²) in [6, 6.07) is 28.5. The predicted molar refractivity (Wildman–Crippen MR) is 137 cm³/mol. The second-order valence-electron chi connectivity index (χ2n) is 9.00. The number of halogens is 1. The number of Topliss-reactive ketones (excluding diaryl/α,β-unsaturated/α-hetero) is 1. The Bertz CT molecular complexity index is 968. The van der Waals surface area contributed by atoms with Crippen LogP contribution in [0, 0.1) is 11.8 Å². The number of hydrogen-bond acceptors (Lipinski definition) is 3. The zero-order valence-electron chi connectivity index (χ0n) is 19.4. The summed E-state index contributed by atoms with van der Waals surface area (Å²) in [4.78, 5) is 15.4. The summed E-state index contributed by atoms with van der Waals surface area (Å²) in [7, 11) is 0. The molecular weight excluding hydrogens is 430 g/mol. The van der Waals surface area contributed by atoms with E-state index in [0.717, 1.165) is 42.4 Å². The Morgan fingerprint density at radius 1 is 0.879 bits per heavy atom. The van der Waals surface area contributed by atoms with E-state index in [-0.39, 0.29) is 24.1 Å². The number of ether oxygens (including phenoxy) is 1. The van der Waals surface area contributed by atoms with Crippen LogP contribution in [0.5, 0.6) is 5.75 Å². The maximum absolute atomic E-state index is 12.9. The fourth-order valence-electron chi connectivity index (χ4n) is 4.53. The van der Waals surface area contributed by atoms with E-state index in [4.69, 9.17) is 4.74 Å². The highest BCUT2D eigenvalue weighted by atomic mass is 35.5. The van der Waals surface area contributed by atoms with Gasteiger partial charge in [0, 0.05) is 18.0 Å². The number of rotatable bonds is 9. The van der Waals surface area contributed by atoms with Gasteiger partial charge in [-0.05, 0) is 73.7 Å². The molecule has 3 nitrogen and oxygen atoms in total. The van der Waals surface area contributed by atoms with Gasteiger partial charge < -0.3 is 9.64 Å². The lowest BCUT2D eigenvalue weighted by molar-refractivity contribution is 0.0869. The van der Waals surface area contributed by atoms with Gasteiger partial charge in [0.1, 0.15) is 12.4 Å². The molecule has 174 valence electrons. The van der Waals surface area contributed by atoms with Crippen LogP contribution in [-0.2, 0) is 13.0 Å². The fraction of sp³-hybridized carbons (Fsp3) is 0.345. The minimum atomic E-state index is -0.00300. The van der Waals surface area contributed by atoms with Crippen LogP contribution in [0.25, 0.3) is 0 Å². The molecule has 3 aromatic carbocycles. The second kappa shape index (κ2) is 12.6. The summed E-state index contributed by atoms with van der Waals surface area (Å²) in [5, 5.41) is 0. The number of benzene rings is 3. The SMILES string of the molecule is CC(CN1CCC(Cc2ccccc2)CC1)C(=O)c1ccc(OCc2ccccc2)cc1.Cl. The van der Waals surface area contributed by atoms with Crippen LogP contribution >= 0.6 is 12.4 Å². The number of carbonyl (C=O) groups is 1. The molecule has 0 bridgehead atoms. The van der Waals surface area contributed by atoms with Crippen LogP contribution in [-0.4, -0.2) is 30.3 Å². The Morgan fingerprint density at radius 2 is 1.45 bits per heavy atom. The van der Waals surface area contributed by atoms with Gasteiger partial charge in [-0.3, -0.25) is 4.79 Å². The van der Waals surface area contributed by atoms with Crippen LogP contribution in [0.1, 0.15) is 41.3 Å². The number of carbonyl (C=O) groups excluding carboxylic acids is 1. The normalized spacial score (nSPS) is 15.4. The lowest BCUT2D eigenvalue weighted by Gasteiger charge is -2.33. The van der Waals surface area contributed by atoms with Crippen molar-refractivity contribution < 1.29 is 9.53 Å². The van der Waals surface area contributed by atoms with Gasteiger partial charge in [-0.15, -0.1) is 12.4 Å². The van der Waals surface area contributed by atoms with Gasteiger partial charge in [0.05, 0.1) is 0 Å². The van der Waals surface area contributed by atoms with E-state index in [2.05, 4.69) is 42.2 Å². The summed E-state index contributed by atoms with van der Waals surface area (Å²) >= 11 is 0. The van der Waals surface area contributed by atoms with Crippen molar-refractivity contribution in [1.29, 1.82) is 0 Å². The Morgan fingerprint density at radius 3 is 2.06 bits per heavy atom. The highest BCUT2D eigenvalue weighted by Gasteiger charge is 2.23. The van der Waals surface area contributed by atoms with Crippen molar-refractivity contribution in [3.8, 4) is 5.75 Å². The highest BCUT2D eigenvalue weighted by molar-refractivity contribution is 5.97. The third-order valence-corrected chi connectivity index (χ3v) is 6.44. The monoisotopic (exact) mass is 463 g/mol. The summed E-state index contributed by atoms with van der Waals surface area (Å²) in [5.74, 6) is 1.75. The van der Waals surface area contributed by atoms with Crippen LogP contribution in [0.4, 0.5) is 0 Å². The summed E-state index contributed by atoms with van der Waals surface area (Å²) < 4.78 is 5.84. The van der Waals surface area contributed by atoms with E-state index < -0.39 is 0 Å². The molecular formula is C29H34ClNO2. The van der Waals surface area contributed by atoms with Crippen molar-refractivity contribution in [3.05, 3.63) is 102 Å². The van der Waals surface area contributed by atoms with Crippen LogP contribution < -0.4 is 4.74 Å². The van der Waals surface area contributed by atoms with Gasteiger partial charge in [0.15, 0.2) is 5.78 Å². The number of hydrogen-bond donors (Lipinski definition) is 0. The van der Waals surface area contributed by atoms with Crippen molar-refractivity contribution in [2.24, 2.45) is 11.8 Å².